The molecule has 2 aromatic rings. The summed E-state index contributed by atoms with van der Waals surface area (Å²) in [7, 11) is 0. The molecule has 1 aliphatic rings. The number of hydrogen-bond acceptors (Lipinski definition) is 3. The van der Waals surface area contributed by atoms with Crippen LogP contribution in [-0.4, -0.2) is 4.98 Å². The van der Waals surface area contributed by atoms with Crippen molar-refractivity contribution in [3.8, 4) is 6.07 Å². The van der Waals surface area contributed by atoms with Gasteiger partial charge in [-0.2, -0.15) is 5.26 Å². The molecular weight excluding hydrogens is 335 g/mol. The van der Waals surface area contributed by atoms with Crippen LogP contribution in [0.25, 0.3) is 11.6 Å². The molecule has 0 spiro atoms. The lowest BCUT2D eigenvalue weighted by Gasteiger charge is -2.15. The number of thiazole rings is 1. The fourth-order valence-electron chi connectivity index (χ4n) is 2.57. The maximum Gasteiger partial charge on any atom is 0.134 e. The van der Waals surface area contributed by atoms with Gasteiger partial charge in [0, 0.05) is 14.9 Å². The molecule has 2 nitrogen and oxygen atoms in total. The SMILES string of the molecule is CC1CCc2nc(C(C#N)=Cc3ccc(Cl)cc3Cl)sc2C1. The van der Waals surface area contributed by atoms with Gasteiger partial charge < -0.3 is 0 Å². The second-order valence-corrected chi connectivity index (χ2v) is 7.50. The Morgan fingerprint density at radius 3 is 3.00 bits per heavy atom. The summed E-state index contributed by atoms with van der Waals surface area (Å²) in [5.41, 5.74) is 2.49. The van der Waals surface area contributed by atoms with Crippen molar-refractivity contribution in [1.29, 1.82) is 5.26 Å². The van der Waals surface area contributed by atoms with E-state index in [0.717, 1.165) is 29.1 Å². The Hall–Kier alpha value is -1.34. The summed E-state index contributed by atoms with van der Waals surface area (Å²) in [6.45, 7) is 2.26. The van der Waals surface area contributed by atoms with E-state index < -0.39 is 0 Å². The third-order valence-electron chi connectivity index (χ3n) is 3.80. The van der Waals surface area contributed by atoms with Crippen LogP contribution in [0.5, 0.6) is 0 Å². The second kappa shape index (κ2) is 6.42. The molecule has 0 N–H and O–H groups in total. The normalized spacial score (nSPS) is 17.9. The lowest BCUT2D eigenvalue weighted by atomic mass is 9.93. The van der Waals surface area contributed by atoms with Gasteiger partial charge >= 0.3 is 0 Å². The summed E-state index contributed by atoms with van der Waals surface area (Å²) < 4.78 is 0. The van der Waals surface area contributed by atoms with Crippen LogP contribution in [0.4, 0.5) is 0 Å². The monoisotopic (exact) mass is 348 g/mol. The molecule has 22 heavy (non-hydrogen) atoms. The lowest BCUT2D eigenvalue weighted by molar-refractivity contribution is 0.502. The number of halogens is 2. The van der Waals surface area contributed by atoms with Crippen LogP contribution < -0.4 is 0 Å². The minimum atomic E-state index is 0.537. The third kappa shape index (κ3) is 3.20. The largest absolute Gasteiger partial charge is 0.240 e. The topological polar surface area (TPSA) is 36.7 Å². The van der Waals surface area contributed by atoms with Crippen molar-refractivity contribution in [3.63, 3.8) is 0 Å². The average molecular weight is 349 g/mol. The number of aryl methyl sites for hydroxylation is 1. The van der Waals surface area contributed by atoms with Gasteiger partial charge in [-0.05, 0) is 49.0 Å². The van der Waals surface area contributed by atoms with Crippen molar-refractivity contribution in [3.05, 3.63) is 49.4 Å². The lowest BCUT2D eigenvalue weighted by Crippen LogP contribution is -2.09. The summed E-state index contributed by atoms with van der Waals surface area (Å²) in [4.78, 5) is 5.98. The van der Waals surface area contributed by atoms with Crippen LogP contribution >= 0.6 is 34.5 Å². The molecule has 1 aliphatic carbocycles. The van der Waals surface area contributed by atoms with Crippen molar-refractivity contribution in [2.75, 3.05) is 0 Å². The summed E-state index contributed by atoms with van der Waals surface area (Å²) in [5.74, 6) is 0.695. The Labute approximate surface area is 144 Å². The molecule has 0 aliphatic heterocycles. The molecule has 1 aromatic carbocycles. The van der Waals surface area contributed by atoms with Gasteiger partial charge in [0.2, 0.25) is 0 Å². The van der Waals surface area contributed by atoms with Gasteiger partial charge in [0.25, 0.3) is 0 Å². The molecule has 1 atom stereocenters. The fraction of sp³-hybridized carbons (Fsp3) is 0.294. The van der Waals surface area contributed by atoms with Gasteiger partial charge in [-0.3, -0.25) is 0 Å². The number of rotatable bonds is 2. The summed E-state index contributed by atoms with van der Waals surface area (Å²) >= 11 is 13.7. The first kappa shape index (κ1) is 15.6. The highest BCUT2D eigenvalue weighted by Crippen LogP contribution is 2.33. The van der Waals surface area contributed by atoms with Crippen molar-refractivity contribution in [2.24, 2.45) is 5.92 Å². The molecule has 1 heterocycles. The molecular formula is C17H14Cl2N2S. The number of fused-ring (bicyclic) bond motifs is 1. The number of nitrogens with zero attached hydrogens (tertiary/aromatic N) is 2. The molecule has 0 saturated carbocycles. The zero-order valence-electron chi connectivity index (χ0n) is 12.1. The van der Waals surface area contributed by atoms with Gasteiger partial charge in [0.05, 0.1) is 11.3 Å². The Bertz CT molecular complexity index is 786. The predicted molar refractivity (Wildman–Crippen MR) is 93.2 cm³/mol. The molecule has 1 aromatic heterocycles. The minimum absolute atomic E-state index is 0.537. The molecule has 0 bridgehead atoms. The Kier molecular flexibility index (Phi) is 4.54. The Balaban J connectivity index is 1.98. The first-order chi connectivity index (χ1) is 10.6. The van der Waals surface area contributed by atoms with E-state index in [1.54, 1.807) is 29.5 Å². The second-order valence-electron chi connectivity index (χ2n) is 5.57. The summed E-state index contributed by atoms with van der Waals surface area (Å²) in [6, 6.07) is 7.51. The van der Waals surface area contributed by atoms with E-state index in [1.807, 2.05) is 6.07 Å². The van der Waals surface area contributed by atoms with E-state index >= 15 is 0 Å². The first-order valence-electron chi connectivity index (χ1n) is 7.12. The van der Waals surface area contributed by atoms with Crippen molar-refractivity contribution >= 4 is 46.2 Å². The molecule has 5 heteroatoms. The molecule has 0 amide bonds. The van der Waals surface area contributed by atoms with Gasteiger partial charge in [0.15, 0.2) is 0 Å². The maximum absolute atomic E-state index is 9.48. The zero-order chi connectivity index (χ0) is 15.7. The van der Waals surface area contributed by atoms with Crippen LogP contribution in [0, 0.1) is 17.2 Å². The van der Waals surface area contributed by atoms with E-state index in [-0.39, 0.29) is 0 Å². The number of hydrogen-bond donors (Lipinski definition) is 0. The standard InChI is InChI=1S/C17H14Cl2N2S/c1-10-2-5-15-16(6-10)22-17(21-15)12(9-20)7-11-3-4-13(18)8-14(11)19/h3-4,7-8,10H,2,5-6H2,1H3. The average Bonchev–Trinajstić information content (AvgIpc) is 2.89. The van der Waals surface area contributed by atoms with Crippen LogP contribution in [0.15, 0.2) is 18.2 Å². The number of benzene rings is 1. The number of nitriles is 1. The molecule has 1 unspecified atom stereocenters. The molecule has 112 valence electrons. The minimum Gasteiger partial charge on any atom is -0.240 e. The van der Waals surface area contributed by atoms with Gasteiger partial charge in [-0.25, -0.2) is 4.98 Å². The fourth-order valence-corrected chi connectivity index (χ4v) is 4.27. The molecule has 0 fully saturated rings. The summed E-state index contributed by atoms with van der Waals surface area (Å²) in [5, 5.41) is 11.4. The van der Waals surface area contributed by atoms with E-state index in [0.29, 0.717) is 21.5 Å². The van der Waals surface area contributed by atoms with Crippen molar-refractivity contribution in [1.82, 2.24) is 4.98 Å². The Morgan fingerprint density at radius 1 is 1.45 bits per heavy atom. The number of aromatic nitrogens is 1. The van der Waals surface area contributed by atoms with Gasteiger partial charge in [0.1, 0.15) is 11.1 Å². The van der Waals surface area contributed by atoms with Crippen LogP contribution in [0.2, 0.25) is 10.0 Å². The van der Waals surface area contributed by atoms with Crippen molar-refractivity contribution in [2.45, 2.75) is 26.2 Å². The highest BCUT2D eigenvalue weighted by atomic mass is 35.5. The van der Waals surface area contributed by atoms with Crippen LogP contribution in [0.3, 0.4) is 0 Å². The van der Waals surface area contributed by atoms with E-state index in [9.17, 15) is 5.26 Å². The third-order valence-corrected chi connectivity index (χ3v) is 5.51. The highest BCUT2D eigenvalue weighted by Gasteiger charge is 2.21. The quantitative estimate of drug-likeness (QED) is 0.658. The zero-order valence-corrected chi connectivity index (χ0v) is 14.4. The van der Waals surface area contributed by atoms with Crippen LogP contribution in [-0.2, 0) is 12.8 Å². The summed E-state index contributed by atoms with van der Waals surface area (Å²) in [6.07, 6.45) is 5.03. The van der Waals surface area contributed by atoms with E-state index in [4.69, 9.17) is 23.2 Å². The Morgan fingerprint density at radius 2 is 2.27 bits per heavy atom. The van der Waals surface area contributed by atoms with Gasteiger partial charge in [-0.1, -0.05) is 36.2 Å². The van der Waals surface area contributed by atoms with Gasteiger partial charge in [-0.15, -0.1) is 11.3 Å². The predicted octanol–water partition coefficient (Wildman–Crippen LogP) is 5.64. The molecule has 0 radical (unpaired) electrons. The van der Waals surface area contributed by atoms with E-state index in [1.165, 1.54) is 11.3 Å². The first-order valence-corrected chi connectivity index (χ1v) is 8.70. The molecule has 0 saturated heterocycles. The highest BCUT2D eigenvalue weighted by molar-refractivity contribution is 7.13. The van der Waals surface area contributed by atoms with Crippen molar-refractivity contribution < 1.29 is 0 Å². The molecule has 3 rings (SSSR count). The number of allylic oxidation sites excluding steroid dienone is 1. The van der Waals surface area contributed by atoms with E-state index in [2.05, 4.69) is 18.0 Å². The smallest absolute Gasteiger partial charge is 0.134 e. The maximum atomic E-state index is 9.48. The van der Waals surface area contributed by atoms with Crippen LogP contribution in [0.1, 0.15) is 34.5 Å².